The van der Waals surface area contributed by atoms with E-state index in [0.29, 0.717) is 11.3 Å². The summed E-state index contributed by atoms with van der Waals surface area (Å²) >= 11 is 1.58. The topological polar surface area (TPSA) is 50.7 Å². The highest BCUT2D eigenvalue weighted by molar-refractivity contribution is 7.12. The Bertz CT molecular complexity index is 591. The van der Waals surface area contributed by atoms with Gasteiger partial charge in [0, 0.05) is 4.88 Å². The highest BCUT2D eigenvalue weighted by Gasteiger charge is 2.10. The number of rotatable bonds is 4. The van der Waals surface area contributed by atoms with Crippen molar-refractivity contribution in [3.05, 3.63) is 52.2 Å². The van der Waals surface area contributed by atoms with Gasteiger partial charge in [0.15, 0.2) is 0 Å². The molecule has 19 heavy (non-hydrogen) atoms. The molecular formula is C14H14N2O2S. The molecule has 2 rings (SSSR count). The van der Waals surface area contributed by atoms with Crippen molar-refractivity contribution in [3.8, 4) is 5.75 Å². The van der Waals surface area contributed by atoms with Gasteiger partial charge in [0.05, 0.1) is 18.4 Å². The lowest BCUT2D eigenvalue weighted by Crippen LogP contribution is -2.19. The van der Waals surface area contributed by atoms with E-state index in [4.69, 9.17) is 4.74 Å². The molecule has 0 saturated heterocycles. The Morgan fingerprint density at radius 3 is 2.74 bits per heavy atom. The van der Waals surface area contributed by atoms with E-state index in [1.165, 1.54) is 7.11 Å². The van der Waals surface area contributed by atoms with Gasteiger partial charge in [-0.3, -0.25) is 4.79 Å². The first-order chi connectivity index (χ1) is 9.22. The summed E-state index contributed by atoms with van der Waals surface area (Å²) in [6.45, 7) is 1.86. The van der Waals surface area contributed by atoms with Crippen molar-refractivity contribution in [2.45, 2.75) is 6.92 Å². The number of ether oxygens (including phenoxy) is 1. The Morgan fingerprint density at radius 1 is 1.26 bits per heavy atom. The maximum absolute atomic E-state index is 12.0. The fraction of sp³-hybridized carbons (Fsp3) is 0.143. The molecule has 0 atom stereocenters. The highest BCUT2D eigenvalue weighted by Crippen LogP contribution is 2.17. The smallest absolute Gasteiger partial charge is 0.275 e. The van der Waals surface area contributed by atoms with Gasteiger partial charge in [0.25, 0.3) is 5.91 Å². The van der Waals surface area contributed by atoms with Crippen LogP contribution in [0.2, 0.25) is 0 Å². The van der Waals surface area contributed by atoms with Crippen molar-refractivity contribution in [2.75, 3.05) is 7.11 Å². The Kier molecular flexibility index (Phi) is 4.30. The number of methoxy groups -OCH3 is 1. The zero-order valence-electron chi connectivity index (χ0n) is 10.7. The van der Waals surface area contributed by atoms with Crippen molar-refractivity contribution in [2.24, 2.45) is 5.10 Å². The molecule has 0 radical (unpaired) electrons. The van der Waals surface area contributed by atoms with Gasteiger partial charge < -0.3 is 4.74 Å². The van der Waals surface area contributed by atoms with Gasteiger partial charge in [-0.25, -0.2) is 5.43 Å². The van der Waals surface area contributed by atoms with Crippen LogP contribution >= 0.6 is 11.3 Å². The minimum absolute atomic E-state index is 0.284. The summed E-state index contributed by atoms with van der Waals surface area (Å²) < 4.78 is 5.14. The van der Waals surface area contributed by atoms with E-state index in [1.54, 1.807) is 29.5 Å². The summed E-state index contributed by atoms with van der Waals surface area (Å²) in [5.41, 5.74) is 3.78. The minimum atomic E-state index is -0.284. The fourth-order valence-corrected chi connectivity index (χ4v) is 2.24. The van der Waals surface area contributed by atoms with Crippen LogP contribution in [0.15, 0.2) is 46.9 Å². The number of hydrazone groups is 1. The van der Waals surface area contributed by atoms with Gasteiger partial charge in [0.1, 0.15) is 5.75 Å². The summed E-state index contributed by atoms with van der Waals surface area (Å²) in [5.74, 6) is 0.248. The normalized spacial score (nSPS) is 11.2. The molecule has 0 aliphatic rings. The monoisotopic (exact) mass is 274 g/mol. The van der Waals surface area contributed by atoms with Gasteiger partial charge in [-0.1, -0.05) is 18.2 Å². The molecule has 0 saturated carbocycles. The van der Waals surface area contributed by atoms with Crippen LogP contribution in [0, 0.1) is 0 Å². The lowest BCUT2D eigenvalue weighted by molar-refractivity contribution is 0.0952. The summed E-state index contributed by atoms with van der Waals surface area (Å²) in [4.78, 5) is 13.0. The Balaban J connectivity index is 2.11. The van der Waals surface area contributed by atoms with Crippen LogP contribution in [0.3, 0.4) is 0 Å². The first-order valence-electron chi connectivity index (χ1n) is 5.74. The molecule has 0 unspecified atom stereocenters. The highest BCUT2D eigenvalue weighted by atomic mass is 32.1. The molecule has 1 aromatic heterocycles. The van der Waals surface area contributed by atoms with Crippen LogP contribution in [0.25, 0.3) is 0 Å². The number of hydrogen-bond donors (Lipinski definition) is 1. The van der Waals surface area contributed by atoms with Gasteiger partial charge in [-0.2, -0.15) is 5.10 Å². The molecule has 5 heteroatoms. The van der Waals surface area contributed by atoms with Crippen molar-refractivity contribution in [1.29, 1.82) is 0 Å². The third kappa shape index (κ3) is 3.20. The summed E-state index contributed by atoms with van der Waals surface area (Å²) in [6.07, 6.45) is 0. The molecule has 98 valence electrons. The van der Waals surface area contributed by atoms with Crippen LogP contribution < -0.4 is 10.2 Å². The van der Waals surface area contributed by atoms with E-state index in [-0.39, 0.29) is 5.91 Å². The molecule has 0 bridgehead atoms. The molecular weight excluding hydrogens is 260 g/mol. The number of amides is 1. The molecule has 1 aromatic carbocycles. The average Bonchev–Trinajstić information content (AvgIpc) is 2.98. The van der Waals surface area contributed by atoms with E-state index in [9.17, 15) is 4.79 Å². The number of thiophene rings is 1. The lowest BCUT2D eigenvalue weighted by atomic mass is 10.2. The fourth-order valence-electron chi connectivity index (χ4n) is 1.57. The zero-order chi connectivity index (χ0) is 13.7. The molecule has 0 aliphatic heterocycles. The first kappa shape index (κ1) is 13.3. The van der Waals surface area contributed by atoms with Crippen LogP contribution in [0.1, 0.15) is 22.2 Å². The molecule has 1 amide bonds. The second-order valence-electron chi connectivity index (χ2n) is 3.82. The number of carbonyl (C=O) groups is 1. The number of nitrogens with zero attached hydrogens (tertiary/aromatic N) is 1. The molecule has 0 spiro atoms. The van der Waals surface area contributed by atoms with Crippen LogP contribution in [0.4, 0.5) is 0 Å². The summed E-state index contributed by atoms with van der Waals surface area (Å²) in [6, 6.07) is 10.9. The standard InChI is InChI=1S/C14H14N2O2S/c1-10(13-8-5-9-19-13)15-16-14(17)11-6-3-4-7-12(11)18-2/h3-9H,1-2H3,(H,16,17)/b15-10+. The quantitative estimate of drug-likeness (QED) is 0.688. The van der Waals surface area contributed by atoms with Crippen molar-refractivity contribution in [1.82, 2.24) is 5.43 Å². The van der Waals surface area contributed by atoms with Crippen LogP contribution in [-0.2, 0) is 0 Å². The molecule has 2 aromatic rings. The maximum atomic E-state index is 12.0. The zero-order valence-corrected chi connectivity index (χ0v) is 11.5. The first-order valence-corrected chi connectivity index (χ1v) is 6.62. The molecule has 0 fully saturated rings. The molecule has 4 nitrogen and oxygen atoms in total. The maximum Gasteiger partial charge on any atom is 0.275 e. The average molecular weight is 274 g/mol. The van der Waals surface area contributed by atoms with Gasteiger partial charge >= 0.3 is 0 Å². The Morgan fingerprint density at radius 2 is 2.05 bits per heavy atom. The van der Waals surface area contributed by atoms with Crippen LogP contribution in [-0.4, -0.2) is 18.7 Å². The number of benzene rings is 1. The second-order valence-corrected chi connectivity index (χ2v) is 4.76. The molecule has 1 N–H and O–H groups in total. The second kappa shape index (κ2) is 6.15. The number of carbonyl (C=O) groups excluding carboxylic acids is 1. The molecule has 1 heterocycles. The third-order valence-corrected chi connectivity index (χ3v) is 3.53. The predicted octanol–water partition coefficient (Wildman–Crippen LogP) is 2.91. The van der Waals surface area contributed by atoms with E-state index in [0.717, 1.165) is 10.6 Å². The Hall–Kier alpha value is -2.14. The van der Waals surface area contributed by atoms with E-state index < -0.39 is 0 Å². The number of nitrogens with one attached hydrogen (secondary N) is 1. The van der Waals surface area contributed by atoms with Crippen LogP contribution in [0.5, 0.6) is 5.75 Å². The predicted molar refractivity (Wildman–Crippen MR) is 77.0 cm³/mol. The SMILES string of the molecule is COc1ccccc1C(=O)N/N=C(\C)c1cccs1. The Labute approximate surface area is 115 Å². The summed E-state index contributed by atoms with van der Waals surface area (Å²) in [7, 11) is 1.53. The number of hydrogen-bond acceptors (Lipinski definition) is 4. The van der Waals surface area contributed by atoms with E-state index in [1.807, 2.05) is 30.5 Å². The van der Waals surface area contributed by atoms with Crippen molar-refractivity contribution >= 4 is 23.0 Å². The third-order valence-electron chi connectivity index (χ3n) is 2.55. The van der Waals surface area contributed by atoms with Crippen molar-refractivity contribution < 1.29 is 9.53 Å². The van der Waals surface area contributed by atoms with Gasteiger partial charge in [-0.15, -0.1) is 11.3 Å². The number of para-hydroxylation sites is 1. The van der Waals surface area contributed by atoms with Crippen molar-refractivity contribution in [3.63, 3.8) is 0 Å². The molecule has 0 aliphatic carbocycles. The lowest BCUT2D eigenvalue weighted by Gasteiger charge is -2.06. The van der Waals surface area contributed by atoms with Gasteiger partial charge in [0.2, 0.25) is 0 Å². The van der Waals surface area contributed by atoms with E-state index >= 15 is 0 Å². The largest absolute Gasteiger partial charge is 0.496 e. The minimum Gasteiger partial charge on any atom is -0.496 e. The summed E-state index contributed by atoms with van der Waals surface area (Å²) in [5, 5.41) is 6.06. The van der Waals surface area contributed by atoms with Gasteiger partial charge in [-0.05, 0) is 30.5 Å². The van der Waals surface area contributed by atoms with E-state index in [2.05, 4.69) is 10.5 Å².